The van der Waals surface area contributed by atoms with Crippen molar-refractivity contribution < 1.29 is 5.11 Å². The van der Waals surface area contributed by atoms with E-state index in [1.807, 2.05) is 30.3 Å². The SMILES string of the molecule is C[C@H](O)[C@H](N)c1ccccc1.Cl. The molecule has 0 spiro atoms. The highest BCUT2D eigenvalue weighted by atomic mass is 35.5. The Morgan fingerprint density at radius 3 is 2.17 bits per heavy atom. The summed E-state index contributed by atoms with van der Waals surface area (Å²) in [5.74, 6) is 0. The first-order chi connectivity index (χ1) is 5.22. The summed E-state index contributed by atoms with van der Waals surface area (Å²) in [4.78, 5) is 0. The molecule has 0 aromatic heterocycles. The fraction of sp³-hybridized carbons (Fsp3) is 0.333. The van der Waals surface area contributed by atoms with E-state index >= 15 is 0 Å². The number of nitrogens with two attached hydrogens (primary N) is 1. The molecule has 2 nitrogen and oxygen atoms in total. The van der Waals surface area contributed by atoms with Crippen molar-refractivity contribution in [2.75, 3.05) is 0 Å². The molecule has 0 bridgehead atoms. The zero-order chi connectivity index (χ0) is 8.27. The highest BCUT2D eigenvalue weighted by Crippen LogP contribution is 2.12. The van der Waals surface area contributed by atoms with E-state index in [4.69, 9.17) is 10.8 Å². The molecule has 12 heavy (non-hydrogen) atoms. The van der Waals surface area contributed by atoms with Crippen LogP contribution in [0.4, 0.5) is 0 Å². The van der Waals surface area contributed by atoms with Gasteiger partial charge in [0.15, 0.2) is 0 Å². The molecule has 0 radical (unpaired) electrons. The Labute approximate surface area is 78.8 Å². The maximum atomic E-state index is 9.15. The van der Waals surface area contributed by atoms with Crippen molar-refractivity contribution in [2.24, 2.45) is 5.73 Å². The highest BCUT2D eigenvalue weighted by Gasteiger charge is 2.09. The number of hydrogen-bond donors (Lipinski definition) is 2. The van der Waals surface area contributed by atoms with Gasteiger partial charge in [0.1, 0.15) is 0 Å². The van der Waals surface area contributed by atoms with Gasteiger partial charge in [-0.3, -0.25) is 0 Å². The Morgan fingerprint density at radius 1 is 1.25 bits per heavy atom. The van der Waals surface area contributed by atoms with E-state index in [0.29, 0.717) is 0 Å². The van der Waals surface area contributed by atoms with Crippen LogP contribution in [0.25, 0.3) is 0 Å². The minimum Gasteiger partial charge on any atom is -0.391 e. The van der Waals surface area contributed by atoms with Crippen LogP contribution in [0, 0.1) is 0 Å². The van der Waals surface area contributed by atoms with Crippen LogP contribution < -0.4 is 5.73 Å². The number of benzene rings is 1. The molecule has 0 unspecified atom stereocenters. The first-order valence-corrected chi connectivity index (χ1v) is 3.70. The molecule has 0 amide bonds. The molecular weight excluding hydrogens is 174 g/mol. The van der Waals surface area contributed by atoms with Crippen LogP contribution in [-0.2, 0) is 0 Å². The number of aliphatic hydroxyl groups excluding tert-OH is 1. The third-order valence-electron chi connectivity index (χ3n) is 1.70. The van der Waals surface area contributed by atoms with Gasteiger partial charge in [-0.05, 0) is 12.5 Å². The zero-order valence-electron chi connectivity index (χ0n) is 6.97. The van der Waals surface area contributed by atoms with E-state index < -0.39 is 6.10 Å². The van der Waals surface area contributed by atoms with Crippen molar-refractivity contribution in [1.82, 2.24) is 0 Å². The lowest BCUT2D eigenvalue weighted by molar-refractivity contribution is 0.164. The molecule has 68 valence electrons. The number of aliphatic hydroxyl groups is 1. The second-order valence-electron chi connectivity index (χ2n) is 2.68. The van der Waals surface area contributed by atoms with Gasteiger partial charge < -0.3 is 10.8 Å². The molecule has 0 saturated heterocycles. The molecule has 0 aliphatic heterocycles. The molecule has 3 heteroatoms. The van der Waals surface area contributed by atoms with E-state index in [2.05, 4.69) is 0 Å². The van der Waals surface area contributed by atoms with Gasteiger partial charge in [0.05, 0.1) is 12.1 Å². The lowest BCUT2D eigenvalue weighted by Crippen LogP contribution is -2.22. The molecule has 2 atom stereocenters. The maximum Gasteiger partial charge on any atom is 0.0704 e. The lowest BCUT2D eigenvalue weighted by Gasteiger charge is -2.14. The molecule has 0 saturated carbocycles. The monoisotopic (exact) mass is 187 g/mol. The van der Waals surface area contributed by atoms with Crippen LogP contribution in [0.2, 0.25) is 0 Å². The van der Waals surface area contributed by atoms with Crippen LogP contribution in [0.3, 0.4) is 0 Å². The number of hydrogen-bond acceptors (Lipinski definition) is 2. The van der Waals surface area contributed by atoms with Gasteiger partial charge in [0.25, 0.3) is 0 Å². The molecule has 3 N–H and O–H groups in total. The summed E-state index contributed by atoms with van der Waals surface area (Å²) < 4.78 is 0. The largest absolute Gasteiger partial charge is 0.391 e. The van der Waals surface area contributed by atoms with E-state index in [1.54, 1.807) is 6.92 Å². The molecule has 1 aromatic rings. The predicted molar refractivity (Wildman–Crippen MR) is 52.3 cm³/mol. The van der Waals surface area contributed by atoms with Gasteiger partial charge in [-0.2, -0.15) is 0 Å². The molecule has 1 rings (SSSR count). The predicted octanol–water partition coefficient (Wildman–Crippen LogP) is 1.49. The normalized spacial score (nSPS) is 14.6. The van der Waals surface area contributed by atoms with E-state index in [-0.39, 0.29) is 18.4 Å². The fourth-order valence-corrected chi connectivity index (χ4v) is 0.954. The van der Waals surface area contributed by atoms with Crippen molar-refractivity contribution in [2.45, 2.75) is 19.1 Å². The van der Waals surface area contributed by atoms with Crippen LogP contribution in [0.5, 0.6) is 0 Å². The summed E-state index contributed by atoms with van der Waals surface area (Å²) in [5, 5.41) is 9.15. The van der Waals surface area contributed by atoms with Gasteiger partial charge in [-0.1, -0.05) is 30.3 Å². The first kappa shape index (κ1) is 11.4. The summed E-state index contributed by atoms with van der Waals surface area (Å²) in [6.07, 6.45) is -0.489. The van der Waals surface area contributed by atoms with Crippen molar-refractivity contribution in [1.29, 1.82) is 0 Å². The first-order valence-electron chi connectivity index (χ1n) is 3.70. The fourth-order valence-electron chi connectivity index (χ4n) is 0.954. The third kappa shape index (κ3) is 2.81. The van der Waals surface area contributed by atoms with Crippen LogP contribution in [0.15, 0.2) is 30.3 Å². The highest BCUT2D eigenvalue weighted by molar-refractivity contribution is 5.85. The second kappa shape index (κ2) is 5.14. The van der Waals surface area contributed by atoms with Gasteiger partial charge in [0, 0.05) is 0 Å². The van der Waals surface area contributed by atoms with Crippen molar-refractivity contribution >= 4 is 12.4 Å². The van der Waals surface area contributed by atoms with Gasteiger partial charge in [-0.15, -0.1) is 12.4 Å². The third-order valence-corrected chi connectivity index (χ3v) is 1.70. The number of halogens is 1. The van der Waals surface area contributed by atoms with E-state index in [0.717, 1.165) is 5.56 Å². The van der Waals surface area contributed by atoms with Crippen molar-refractivity contribution in [3.63, 3.8) is 0 Å². The van der Waals surface area contributed by atoms with Crippen LogP contribution >= 0.6 is 12.4 Å². The minimum absolute atomic E-state index is 0. The summed E-state index contributed by atoms with van der Waals surface area (Å²) in [6.45, 7) is 1.69. The standard InChI is InChI=1S/C9H13NO.ClH/c1-7(11)9(10)8-5-3-2-4-6-8;/h2-7,9,11H,10H2,1H3;1H/t7-,9-;/m0./s1. The van der Waals surface area contributed by atoms with E-state index in [9.17, 15) is 0 Å². The lowest BCUT2D eigenvalue weighted by atomic mass is 10.0. The molecule has 0 fully saturated rings. The number of rotatable bonds is 2. The molecule has 0 aliphatic carbocycles. The van der Waals surface area contributed by atoms with Crippen molar-refractivity contribution in [3.8, 4) is 0 Å². The Hall–Kier alpha value is -0.570. The van der Waals surface area contributed by atoms with Crippen molar-refractivity contribution in [3.05, 3.63) is 35.9 Å². The van der Waals surface area contributed by atoms with Crippen LogP contribution in [0.1, 0.15) is 18.5 Å². The van der Waals surface area contributed by atoms with Crippen LogP contribution in [-0.4, -0.2) is 11.2 Å². The smallest absolute Gasteiger partial charge is 0.0704 e. The molecule has 0 aliphatic rings. The Morgan fingerprint density at radius 2 is 1.75 bits per heavy atom. The quantitative estimate of drug-likeness (QED) is 0.737. The Bertz CT molecular complexity index is 213. The molecular formula is C9H14ClNO. The second-order valence-corrected chi connectivity index (χ2v) is 2.68. The summed E-state index contributed by atoms with van der Waals surface area (Å²) >= 11 is 0. The van der Waals surface area contributed by atoms with Gasteiger partial charge in [-0.25, -0.2) is 0 Å². The average Bonchev–Trinajstić information content (AvgIpc) is 2.05. The topological polar surface area (TPSA) is 46.2 Å². The van der Waals surface area contributed by atoms with E-state index in [1.165, 1.54) is 0 Å². The summed E-state index contributed by atoms with van der Waals surface area (Å²) in [5.41, 5.74) is 6.66. The van der Waals surface area contributed by atoms with Gasteiger partial charge in [0.2, 0.25) is 0 Å². The average molecular weight is 188 g/mol. The van der Waals surface area contributed by atoms with Gasteiger partial charge >= 0.3 is 0 Å². The molecule has 0 heterocycles. The minimum atomic E-state index is -0.489. The Kier molecular flexibility index (Phi) is 4.90. The summed E-state index contributed by atoms with van der Waals surface area (Å²) in [6, 6.07) is 9.32. The molecule has 1 aromatic carbocycles. The zero-order valence-corrected chi connectivity index (χ0v) is 7.79. The summed E-state index contributed by atoms with van der Waals surface area (Å²) in [7, 11) is 0. The maximum absolute atomic E-state index is 9.15. The Balaban J connectivity index is 0.00000121.